The Morgan fingerprint density at radius 2 is 1.91 bits per heavy atom. The molecule has 3 rings (SSSR count). The first kappa shape index (κ1) is 26.7. The zero-order chi connectivity index (χ0) is 22.6. The molecular weight excluding hydrogens is 531 g/mol. The number of aryl methyl sites for hydroxylation is 1. The summed E-state index contributed by atoms with van der Waals surface area (Å²) in [5, 5.41) is 6.55. The second-order valence-corrected chi connectivity index (χ2v) is 7.34. The van der Waals surface area contributed by atoms with Crippen LogP contribution in [0.3, 0.4) is 0 Å². The third kappa shape index (κ3) is 8.70. The molecule has 0 spiro atoms. The smallest absolute Gasteiger partial charge is 0.214 e. The van der Waals surface area contributed by atoms with Gasteiger partial charge in [0.1, 0.15) is 5.75 Å². The summed E-state index contributed by atoms with van der Waals surface area (Å²) in [6.07, 6.45) is 2.59. The van der Waals surface area contributed by atoms with Crippen molar-refractivity contribution in [2.24, 2.45) is 4.99 Å². The number of guanidine groups is 1. The lowest BCUT2D eigenvalue weighted by molar-refractivity contribution is 0.172. The SMILES string of the molecule is CCNC(=NCc1ccc(C)cc1OCCCOC)NCc1ncc(-c2ccccc2)o1.I. The van der Waals surface area contributed by atoms with E-state index in [9.17, 15) is 0 Å². The van der Waals surface area contributed by atoms with Crippen LogP contribution in [0.15, 0.2) is 64.1 Å². The molecule has 0 aliphatic rings. The van der Waals surface area contributed by atoms with Gasteiger partial charge in [0.05, 0.1) is 25.9 Å². The van der Waals surface area contributed by atoms with Crippen molar-refractivity contribution in [3.05, 3.63) is 71.7 Å². The maximum atomic E-state index is 5.97. The van der Waals surface area contributed by atoms with Gasteiger partial charge in [-0.2, -0.15) is 0 Å². The molecule has 1 heterocycles. The number of nitrogens with zero attached hydrogens (tertiary/aromatic N) is 2. The van der Waals surface area contributed by atoms with E-state index in [1.165, 1.54) is 0 Å². The van der Waals surface area contributed by atoms with Gasteiger partial charge in [0.2, 0.25) is 5.89 Å². The Hall–Kier alpha value is -2.59. The molecule has 2 aromatic carbocycles. The molecule has 0 unspecified atom stereocenters. The Labute approximate surface area is 213 Å². The van der Waals surface area contributed by atoms with Crippen molar-refractivity contribution in [3.8, 4) is 17.1 Å². The van der Waals surface area contributed by atoms with Gasteiger partial charge in [0.15, 0.2) is 11.7 Å². The van der Waals surface area contributed by atoms with Crippen molar-refractivity contribution in [1.82, 2.24) is 15.6 Å². The van der Waals surface area contributed by atoms with Gasteiger partial charge in [-0.05, 0) is 25.5 Å². The summed E-state index contributed by atoms with van der Waals surface area (Å²) >= 11 is 0. The van der Waals surface area contributed by atoms with Crippen molar-refractivity contribution in [1.29, 1.82) is 0 Å². The highest BCUT2D eigenvalue weighted by molar-refractivity contribution is 14.0. The number of benzene rings is 2. The summed E-state index contributed by atoms with van der Waals surface area (Å²) in [5.74, 6) is 2.91. The minimum absolute atomic E-state index is 0. The van der Waals surface area contributed by atoms with Crippen LogP contribution >= 0.6 is 24.0 Å². The van der Waals surface area contributed by atoms with Gasteiger partial charge >= 0.3 is 0 Å². The van der Waals surface area contributed by atoms with E-state index in [1.54, 1.807) is 13.3 Å². The summed E-state index contributed by atoms with van der Waals surface area (Å²) in [7, 11) is 1.70. The quantitative estimate of drug-likeness (QED) is 0.149. The van der Waals surface area contributed by atoms with Gasteiger partial charge < -0.3 is 24.5 Å². The van der Waals surface area contributed by atoms with Gasteiger partial charge in [-0.15, -0.1) is 24.0 Å². The molecule has 3 aromatic rings. The van der Waals surface area contributed by atoms with Crippen LogP contribution in [0.4, 0.5) is 0 Å². The molecule has 8 heteroatoms. The van der Waals surface area contributed by atoms with E-state index in [2.05, 4.69) is 40.7 Å². The molecule has 0 fully saturated rings. The molecule has 0 saturated heterocycles. The number of aromatic nitrogens is 1. The molecule has 7 nitrogen and oxygen atoms in total. The molecule has 0 radical (unpaired) electrons. The van der Waals surface area contributed by atoms with Gasteiger partial charge in [-0.1, -0.05) is 42.5 Å². The lowest BCUT2D eigenvalue weighted by Gasteiger charge is -2.13. The second-order valence-electron chi connectivity index (χ2n) is 7.34. The van der Waals surface area contributed by atoms with Gasteiger partial charge in [0.25, 0.3) is 0 Å². The van der Waals surface area contributed by atoms with E-state index >= 15 is 0 Å². The number of nitrogens with one attached hydrogen (secondary N) is 2. The maximum absolute atomic E-state index is 5.97. The highest BCUT2D eigenvalue weighted by atomic mass is 127. The monoisotopic (exact) mass is 564 g/mol. The van der Waals surface area contributed by atoms with E-state index in [0.29, 0.717) is 38.2 Å². The number of halogens is 1. The third-order valence-electron chi connectivity index (χ3n) is 4.74. The Morgan fingerprint density at radius 3 is 2.67 bits per heavy atom. The molecule has 0 bridgehead atoms. The largest absolute Gasteiger partial charge is 0.493 e. The highest BCUT2D eigenvalue weighted by Gasteiger charge is 2.08. The average Bonchev–Trinajstić information content (AvgIpc) is 3.29. The molecule has 33 heavy (non-hydrogen) atoms. The van der Waals surface area contributed by atoms with Gasteiger partial charge in [-0.3, -0.25) is 0 Å². The fourth-order valence-corrected chi connectivity index (χ4v) is 3.11. The van der Waals surface area contributed by atoms with Crippen LogP contribution in [-0.4, -0.2) is 37.8 Å². The maximum Gasteiger partial charge on any atom is 0.214 e. The van der Waals surface area contributed by atoms with E-state index < -0.39 is 0 Å². The molecule has 178 valence electrons. The number of oxazole rings is 1. The molecule has 0 aliphatic carbocycles. The molecule has 0 aliphatic heterocycles. The topological polar surface area (TPSA) is 80.9 Å². The number of hydrogen-bond acceptors (Lipinski definition) is 5. The Morgan fingerprint density at radius 1 is 1.09 bits per heavy atom. The minimum atomic E-state index is 0. The molecule has 0 amide bonds. The summed E-state index contributed by atoms with van der Waals surface area (Å²) in [6, 6.07) is 16.1. The van der Waals surface area contributed by atoms with Crippen LogP contribution in [0.5, 0.6) is 5.75 Å². The van der Waals surface area contributed by atoms with Crippen LogP contribution in [0.2, 0.25) is 0 Å². The second kappa shape index (κ2) is 14.5. The number of ether oxygens (including phenoxy) is 2. The third-order valence-corrected chi connectivity index (χ3v) is 4.74. The predicted octanol–water partition coefficient (Wildman–Crippen LogP) is 4.94. The minimum Gasteiger partial charge on any atom is -0.493 e. The highest BCUT2D eigenvalue weighted by Crippen LogP contribution is 2.22. The average molecular weight is 564 g/mol. The zero-order valence-corrected chi connectivity index (χ0v) is 21.8. The zero-order valence-electron chi connectivity index (χ0n) is 19.5. The lowest BCUT2D eigenvalue weighted by Crippen LogP contribution is -2.36. The molecule has 0 saturated carbocycles. The molecule has 2 N–H and O–H groups in total. The van der Waals surface area contributed by atoms with Crippen molar-refractivity contribution >= 4 is 29.9 Å². The fraction of sp³-hybridized carbons (Fsp3) is 0.360. The predicted molar refractivity (Wildman–Crippen MR) is 142 cm³/mol. The van der Waals surface area contributed by atoms with E-state index in [0.717, 1.165) is 41.2 Å². The van der Waals surface area contributed by atoms with E-state index in [4.69, 9.17) is 18.9 Å². The number of rotatable bonds is 11. The number of hydrogen-bond donors (Lipinski definition) is 2. The van der Waals surface area contributed by atoms with Crippen molar-refractivity contribution in [3.63, 3.8) is 0 Å². The van der Waals surface area contributed by atoms with Crippen LogP contribution in [0.25, 0.3) is 11.3 Å². The van der Waals surface area contributed by atoms with E-state index in [-0.39, 0.29) is 24.0 Å². The normalized spacial score (nSPS) is 11.1. The van der Waals surface area contributed by atoms with Gasteiger partial charge in [0, 0.05) is 37.8 Å². The number of aliphatic imine (C=N–C) groups is 1. The Bertz CT molecular complexity index is 992. The van der Waals surface area contributed by atoms with Crippen LogP contribution in [-0.2, 0) is 17.8 Å². The summed E-state index contributed by atoms with van der Waals surface area (Å²) < 4.78 is 16.9. The summed E-state index contributed by atoms with van der Waals surface area (Å²) in [4.78, 5) is 9.09. The first-order valence-corrected chi connectivity index (χ1v) is 10.9. The van der Waals surface area contributed by atoms with Crippen LogP contribution < -0.4 is 15.4 Å². The van der Waals surface area contributed by atoms with Crippen molar-refractivity contribution in [2.45, 2.75) is 33.4 Å². The van der Waals surface area contributed by atoms with Crippen molar-refractivity contribution < 1.29 is 13.9 Å². The number of methoxy groups -OCH3 is 1. The van der Waals surface area contributed by atoms with Crippen LogP contribution in [0, 0.1) is 6.92 Å². The molecule has 1 aromatic heterocycles. The first-order chi connectivity index (χ1) is 15.7. The van der Waals surface area contributed by atoms with Crippen molar-refractivity contribution in [2.75, 3.05) is 26.9 Å². The van der Waals surface area contributed by atoms with E-state index in [1.807, 2.05) is 37.3 Å². The van der Waals surface area contributed by atoms with Crippen LogP contribution in [0.1, 0.15) is 30.4 Å². The lowest BCUT2D eigenvalue weighted by atomic mass is 10.1. The molecule has 0 atom stereocenters. The molecular formula is C25H33IN4O3. The Balaban J connectivity index is 0.00000385. The van der Waals surface area contributed by atoms with Gasteiger partial charge in [-0.25, -0.2) is 9.98 Å². The fourth-order valence-electron chi connectivity index (χ4n) is 3.11. The Kier molecular flexibility index (Phi) is 11.7. The first-order valence-electron chi connectivity index (χ1n) is 10.9. The summed E-state index contributed by atoms with van der Waals surface area (Å²) in [6.45, 7) is 7.07. The standard InChI is InChI=1S/C25H32N4O3.HI/c1-4-26-25(29-18-24-27-17-23(32-24)20-9-6-5-7-10-20)28-16-21-12-11-19(2)15-22(21)31-14-8-13-30-3;/h5-7,9-12,15,17H,4,8,13-14,16,18H2,1-3H3,(H2,26,28,29);1H. The summed E-state index contributed by atoms with van der Waals surface area (Å²) in [5.41, 5.74) is 3.19.